The molecule has 6 nitrogen and oxygen atoms in total. The Bertz CT molecular complexity index is 345. The highest BCUT2D eigenvalue weighted by atomic mass is 32.2. The van der Waals surface area contributed by atoms with Gasteiger partial charge in [0.2, 0.25) is 0 Å². The Morgan fingerprint density at radius 3 is 2.65 bits per heavy atom. The molecule has 0 radical (unpaired) electrons. The van der Waals surface area contributed by atoms with Crippen LogP contribution in [0.2, 0.25) is 0 Å². The van der Waals surface area contributed by atoms with Crippen LogP contribution in [-0.2, 0) is 14.9 Å². The van der Waals surface area contributed by atoms with Gasteiger partial charge < -0.3 is 10.1 Å². The van der Waals surface area contributed by atoms with Crippen LogP contribution >= 0.6 is 0 Å². The molecule has 0 unspecified atom stereocenters. The SMILES string of the molecule is CCCNCCCN(C)S(=O)(=O)NCCOCC1CC1. The zero-order valence-corrected chi connectivity index (χ0v) is 13.5. The second kappa shape index (κ2) is 9.68. The highest BCUT2D eigenvalue weighted by Crippen LogP contribution is 2.28. The minimum absolute atomic E-state index is 0.341. The predicted molar refractivity (Wildman–Crippen MR) is 80.9 cm³/mol. The van der Waals surface area contributed by atoms with Gasteiger partial charge in [0.1, 0.15) is 0 Å². The molecule has 120 valence electrons. The fourth-order valence-electron chi connectivity index (χ4n) is 1.74. The first-order valence-corrected chi connectivity index (χ1v) is 8.99. The summed E-state index contributed by atoms with van der Waals surface area (Å²) in [5, 5.41) is 3.26. The van der Waals surface area contributed by atoms with Crippen LogP contribution in [0.3, 0.4) is 0 Å². The molecule has 0 heterocycles. The number of ether oxygens (including phenoxy) is 1. The Balaban J connectivity index is 2.04. The van der Waals surface area contributed by atoms with Crippen LogP contribution in [0.15, 0.2) is 0 Å². The normalized spacial score (nSPS) is 15.9. The number of rotatable bonds is 13. The predicted octanol–water partition coefficient (Wildman–Crippen LogP) is 0.569. The van der Waals surface area contributed by atoms with Gasteiger partial charge in [0.05, 0.1) is 6.61 Å². The Morgan fingerprint density at radius 1 is 1.25 bits per heavy atom. The topological polar surface area (TPSA) is 70.7 Å². The van der Waals surface area contributed by atoms with Crippen molar-refractivity contribution in [2.45, 2.75) is 32.6 Å². The molecular formula is C13H29N3O3S. The molecule has 0 aliphatic heterocycles. The van der Waals surface area contributed by atoms with Crippen molar-refractivity contribution in [3.63, 3.8) is 0 Å². The third-order valence-corrected chi connectivity index (χ3v) is 4.82. The summed E-state index contributed by atoms with van der Waals surface area (Å²) in [5.41, 5.74) is 0. The molecule has 1 aliphatic rings. The third-order valence-electron chi connectivity index (χ3n) is 3.24. The molecule has 0 amide bonds. The fourth-order valence-corrected chi connectivity index (χ4v) is 2.67. The summed E-state index contributed by atoms with van der Waals surface area (Å²) in [6.45, 7) is 6.01. The quantitative estimate of drug-likeness (QED) is 0.488. The van der Waals surface area contributed by atoms with Gasteiger partial charge in [-0.1, -0.05) is 6.92 Å². The van der Waals surface area contributed by atoms with Crippen molar-refractivity contribution in [1.29, 1.82) is 0 Å². The van der Waals surface area contributed by atoms with Crippen molar-refractivity contribution in [1.82, 2.24) is 14.3 Å². The van der Waals surface area contributed by atoms with E-state index in [1.54, 1.807) is 7.05 Å². The zero-order chi connectivity index (χ0) is 14.8. The average Bonchev–Trinajstić information content (AvgIpc) is 3.22. The maximum absolute atomic E-state index is 11.9. The Morgan fingerprint density at radius 2 is 2.00 bits per heavy atom. The standard InChI is InChI=1S/C13H29N3O3S/c1-3-7-14-8-4-10-16(2)20(17,18)15-9-11-19-12-13-5-6-13/h13-15H,3-12H2,1-2H3. The third kappa shape index (κ3) is 8.16. The second-order valence-corrected chi connectivity index (χ2v) is 7.20. The van der Waals surface area contributed by atoms with Crippen molar-refractivity contribution in [3.8, 4) is 0 Å². The lowest BCUT2D eigenvalue weighted by molar-refractivity contribution is 0.129. The largest absolute Gasteiger partial charge is 0.380 e. The van der Waals surface area contributed by atoms with Gasteiger partial charge in [0.15, 0.2) is 0 Å². The summed E-state index contributed by atoms with van der Waals surface area (Å²) in [5.74, 6) is 0.713. The van der Waals surface area contributed by atoms with Crippen molar-refractivity contribution >= 4 is 10.2 Å². The van der Waals surface area contributed by atoms with Crippen LogP contribution in [0.25, 0.3) is 0 Å². The summed E-state index contributed by atoms with van der Waals surface area (Å²) in [6, 6.07) is 0. The summed E-state index contributed by atoms with van der Waals surface area (Å²) < 4.78 is 33.1. The highest BCUT2D eigenvalue weighted by Gasteiger charge is 2.21. The van der Waals surface area contributed by atoms with Gasteiger partial charge in [0.25, 0.3) is 10.2 Å². The Hall–Kier alpha value is -0.210. The molecule has 0 saturated heterocycles. The minimum Gasteiger partial charge on any atom is -0.380 e. The van der Waals surface area contributed by atoms with Gasteiger partial charge in [0, 0.05) is 26.7 Å². The van der Waals surface area contributed by atoms with Crippen molar-refractivity contribution in [3.05, 3.63) is 0 Å². The van der Waals surface area contributed by atoms with Crippen LogP contribution in [0.5, 0.6) is 0 Å². The lowest BCUT2D eigenvalue weighted by Crippen LogP contribution is -2.40. The molecule has 0 aromatic carbocycles. The van der Waals surface area contributed by atoms with E-state index in [0.717, 1.165) is 32.5 Å². The molecule has 1 aliphatic carbocycles. The van der Waals surface area contributed by atoms with E-state index in [2.05, 4.69) is 17.0 Å². The number of hydrogen-bond donors (Lipinski definition) is 2. The number of nitrogens with one attached hydrogen (secondary N) is 2. The van der Waals surface area contributed by atoms with Crippen LogP contribution in [0.4, 0.5) is 0 Å². The molecule has 1 saturated carbocycles. The van der Waals surface area contributed by atoms with Gasteiger partial charge in [-0.15, -0.1) is 0 Å². The minimum atomic E-state index is -3.36. The van der Waals surface area contributed by atoms with E-state index in [4.69, 9.17) is 4.74 Å². The van der Waals surface area contributed by atoms with Crippen molar-refractivity contribution < 1.29 is 13.2 Å². The van der Waals surface area contributed by atoms with Crippen molar-refractivity contribution in [2.75, 3.05) is 46.4 Å². The molecule has 0 bridgehead atoms. The van der Waals surface area contributed by atoms with Gasteiger partial charge in [-0.25, -0.2) is 0 Å². The molecular weight excluding hydrogens is 278 g/mol. The molecule has 1 fully saturated rings. The summed E-state index contributed by atoms with van der Waals surface area (Å²) >= 11 is 0. The molecule has 0 aromatic rings. The van der Waals surface area contributed by atoms with Gasteiger partial charge in [-0.3, -0.25) is 0 Å². The fraction of sp³-hybridized carbons (Fsp3) is 1.00. The Kier molecular flexibility index (Phi) is 8.63. The first-order valence-electron chi connectivity index (χ1n) is 7.55. The van der Waals surface area contributed by atoms with Crippen LogP contribution < -0.4 is 10.0 Å². The lowest BCUT2D eigenvalue weighted by Gasteiger charge is -2.17. The molecule has 20 heavy (non-hydrogen) atoms. The highest BCUT2D eigenvalue weighted by molar-refractivity contribution is 7.87. The zero-order valence-electron chi connectivity index (χ0n) is 12.7. The van der Waals surface area contributed by atoms with Crippen LogP contribution in [0.1, 0.15) is 32.6 Å². The van der Waals surface area contributed by atoms with Gasteiger partial charge in [-0.05, 0) is 44.7 Å². The average molecular weight is 307 g/mol. The maximum Gasteiger partial charge on any atom is 0.279 e. The van der Waals surface area contributed by atoms with E-state index in [1.165, 1.54) is 17.1 Å². The van der Waals surface area contributed by atoms with E-state index in [-0.39, 0.29) is 0 Å². The van der Waals surface area contributed by atoms with E-state index in [1.807, 2.05) is 0 Å². The summed E-state index contributed by atoms with van der Waals surface area (Å²) in [7, 11) is -1.76. The maximum atomic E-state index is 11.9. The first-order chi connectivity index (χ1) is 9.56. The number of nitrogens with zero attached hydrogens (tertiary/aromatic N) is 1. The van der Waals surface area contributed by atoms with Gasteiger partial charge >= 0.3 is 0 Å². The Labute approximate surface area is 123 Å². The molecule has 0 aromatic heterocycles. The molecule has 0 spiro atoms. The van der Waals surface area contributed by atoms with Gasteiger partial charge in [-0.2, -0.15) is 17.4 Å². The number of hydrogen-bond acceptors (Lipinski definition) is 4. The second-order valence-electron chi connectivity index (χ2n) is 5.34. The first kappa shape index (κ1) is 17.8. The monoisotopic (exact) mass is 307 g/mol. The van der Waals surface area contributed by atoms with Crippen LogP contribution in [-0.4, -0.2) is 59.2 Å². The van der Waals surface area contributed by atoms with E-state index >= 15 is 0 Å². The van der Waals surface area contributed by atoms with Crippen LogP contribution in [0, 0.1) is 5.92 Å². The van der Waals surface area contributed by atoms with E-state index in [0.29, 0.717) is 25.6 Å². The summed E-state index contributed by atoms with van der Waals surface area (Å²) in [6.07, 6.45) is 4.41. The molecule has 0 atom stereocenters. The van der Waals surface area contributed by atoms with E-state index < -0.39 is 10.2 Å². The molecule has 1 rings (SSSR count). The summed E-state index contributed by atoms with van der Waals surface area (Å²) in [4.78, 5) is 0. The van der Waals surface area contributed by atoms with E-state index in [9.17, 15) is 8.42 Å². The smallest absolute Gasteiger partial charge is 0.279 e. The molecule has 2 N–H and O–H groups in total. The lowest BCUT2D eigenvalue weighted by atomic mass is 10.4. The molecule has 7 heteroatoms. The van der Waals surface area contributed by atoms with Crippen molar-refractivity contribution in [2.24, 2.45) is 5.92 Å².